The summed E-state index contributed by atoms with van der Waals surface area (Å²) in [5.74, 6) is -0.291. The van der Waals surface area contributed by atoms with Crippen molar-refractivity contribution >= 4 is 27.9 Å². The maximum Gasteiger partial charge on any atom is 0.380 e. The number of aryl methyl sites for hydroxylation is 1. The summed E-state index contributed by atoms with van der Waals surface area (Å²) < 4.78 is 21.7. The molecular formula is C22H18O6. The number of ether oxygens (including phenoxy) is 2. The monoisotopic (exact) mass is 378 g/mol. The number of para-hydroxylation sites is 1. The van der Waals surface area contributed by atoms with Gasteiger partial charge in [0.05, 0.1) is 6.61 Å². The van der Waals surface area contributed by atoms with Gasteiger partial charge in [0.1, 0.15) is 16.9 Å². The molecule has 0 radical (unpaired) electrons. The Morgan fingerprint density at radius 3 is 2.61 bits per heavy atom. The van der Waals surface area contributed by atoms with Gasteiger partial charge in [-0.15, -0.1) is 0 Å². The summed E-state index contributed by atoms with van der Waals surface area (Å²) in [6.07, 6.45) is 0.695. The van der Waals surface area contributed by atoms with Crippen LogP contribution in [0, 0.1) is 0 Å². The van der Waals surface area contributed by atoms with E-state index in [0.29, 0.717) is 23.2 Å². The number of carbonyl (C=O) groups excluding carboxylic acids is 1. The van der Waals surface area contributed by atoms with E-state index >= 15 is 0 Å². The van der Waals surface area contributed by atoms with Gasteiger partial charge in [0, 0.05) is 35.6 Å². The minimum Gasteiger partial charge on any atom is -0.449 e. The lowest BCUT2D eigenvalue weighted by Crippen LogP contribution is -2.10. The van der Waals surface area contributed by atoms with Crippen LogP contribution in [0.25, 0.3) is 21.9 Å². The van der Waals surface area contributed by atoms with Gasteiger partial charge in [-0.1, -0.05) is 25.1 Å². The van der Waals surface area contributed by atoms with Crippen molar-refractivity contribution in [3.05, 3.63) is 75.8 Å². The van der Waals surface area contributed by atoms with E-state index < -0.39 is 11.6 Å². The van der Waals surface area contributed by atoms with Crippen molar-refractivity contribution in [1.29, 1.82) is 0 Å². The SMILES string of the molecule is CCc1cc(=O)oc2cc(OC(=O)c3oc4ccccc4c3COC)ccc12. The Labute approximate surface area is 160 Å². The Morgan fingerprint density at radius 2 is 1.82 bits per heavy atom. The molecule has 0 N–H and O–H groups in total. The summed E-state index contributed by atoms with van der Waals surface area (Å²) in [6.45, 7) is 2.18. The molecule has 0 amide bonds. The van der Waals surface area contributed by atoms with Crippen molar-refractivity contribution in [1.82, 2.24) is 0 Å². The number of benzene rings is 2. The number of fused-ring (bicyclic) bond motifs is 2. The number of hydrogen-bond donors (Lipinski definition) is 0. The van der Waals surface area contributed by atoms with Crippen LogP contribution in [-0.2, 0) is 17.8 Å². The fraction of sp³-hybridized carbons (Fsp3) is 0.182. The van der Waals surface area contributed by atoms with E-state index in [0.717, 1.165) is 16.3 Å². The predicted molar refractivity (Wildman–Crippen MR) is 104 cm³/mol. The average molecular weight is 378 g/mol. The van der Waals surface area contributed by atoms with E-state index in [2.05, 4.69) is 0 Å². The Balaban J connectivity index is 1.71. The second-order valence-electron chi connectivity index (χ2n) is 6.33. The molecule has 142 valence electrons. The summed E-state index contributed by atoms with van der Waals surface area (Å²) in [4.78, 5) is 24.5. The molecule has 0 spiro atoms. The molecule has 0 saturated heterocycles. The number of methoxy groups -OCH3 is 1. The molecule has 6 heteroatoms. The second kappa shape index (κ2) is 7.32. The molecule has 2 heterocycles. The molecule has 0 aliphatic heterocycles. The Kier molecular flexibility index (Phi) is 4.71. The fourth-order valence-corrected chi connectivity index (χ4v) is 3.27. The van der Waals surface area contributed by atoms with Crippen LogP contribution in [-0.4, -0.2) is 13.1 Å². The zero-order chi connectivity index (χ0) is 19.7. The van der Waals surface area contributed by atoms with Crippen LogP contribution in [0.1, 0.15) is 28.6 Å². The van der Waals surface area contributed by atoms with Gasteiger partial charge in [-0.2, -0.15) is 0 Å². The van der Waals surface area contributed by atoms with Crippen LogP contribution in [0.2, 0.25) is 0 Å². The minimum absolute atomic E-state index is 0.0897. The number of carbonyl (C=O) groups is 1. The lowest BCUT2D eigenvalue weighted by Gasteiger charge is -2.07. The summed E-state index contributed by atoms with van der Waals surface area (Å²) in [5.41, 5.74) is 2.02. The lowest BCUT2D eigenvalue weighted by atomic mass is 10.1. The van der Waals surface area contributed by atoms with E-state index in [1.54, 1.807) is 25.3 Å². The topological polar surface area (TPSA) is 78.9 Å². The van der Waals surface area contributed by atoms with Crippen LogP contribution < -0.4 is 10.4 Å². The summed E-state index contributed by atoms with van der Waals surface area (Å²) in [5, 5.41) is 1.61. The van der Waals surface area contributed by atoms with E-state index in [1.807, 2.05) is 25.1 Å². The first-order valence-corrected chi connectivity index (χ1v) is 8.89. The van der Waals surface area contributed by atoms with Crippen LogP contribution in [0.4, 0.5) is 0 Å². The first kappa shape index (κ1) is 18.0. The second-order valence-corrected chi connectivity index (χ2v) is 6.33. The van der Waals surface area contributed by atoms with Crippen LogP contribution in [0.15, 0.2) is 62.2 Å². The molecule has 0 aliphatic carbocycles. The molecule has 4 rings (SSSR count). The molecule has 0 bridgehead atoms. The van der Waals surface area contributed by atoms with Gasteiger partial charge in [-0.25, -0.2) is 9.59 Å². The molecule has 2 aromatic heterocycles. The number of rotatable bonds is 5. The quantitative estimate of drug-likeness (QED) is 0.290. The highest BCUT2D eigenvalue weighted by molar-refractivity contribution is 5.97. The maximum atomic E-state index is 12.7. The zero-order valence-electron chi connectivity index (χ0n) is 15.5. The third kappa shape index (κ3) is 3.18. The largest absolute Gasteiger partial charge is 0.449 e. The van der Waals surface area contributed by atoms with Crippen molar-refractivity contribution in [3.63, 3.8) is 0 Å². The van der Waals surface area contributed by atoms with Gasteiger partial charge in [-0.3, -0.25) is 0 Å². The van der Waals surface area contributed by atoms with Gasteiger partial charge < -0.3 is 18.3 Å². The highest BCUT2D eigenvalue weighted by Crippen LogP contribution is 2.29. The smallest absolute Gasteiger partial charge is 0.380 e. The fourth-order valence-electron chi connectivity index (χ4n) is 3.27. The van der Waals surface area contributed by atoms with Crippen LogP contribution in [0.3, 0.4) is 0 Å². The number of esters is 1. The summed E-state index contributed by atoms with van der Waals surface area (Å²) >= 11 is 0. The molecular weight excluding hydrogens is 360 g/mol. The van der Waals surface area contributed by atoms with Gasteiger partial charge >= 0.3 is 11.6 Å². The molecule has 28 heavy (non-hydrogen) atoms. The molecule has 4 aromatic rings. The third-order valence-electron chi connectivity index (χ3n) is 4.57. The standard InChI is InChI=1S/C22H18O6/c1-3-13-10-20(23)27-19-11-14(8-9-15(13)19)26-22(24)21-17(12-25-2)16-6-4-5-7-18(16)28-21/h4-11H,3,12H2,1-2H3. The van der Waals surface area contributed by atoms with E-state index in [-0.39, 0.29) is 18.1 Å². The van der Waals surface area contributed by atoms with E-state index in [4.69, 9.17) is 18.3 Å². The van der Waals surface area contributed by atoms with Crippen molar-refractivity contribution in [2.45, 2.75) is 20.0 Å². The molecule has 0 atom stereocenters. The Hall–Kier alpha value is -3.38. The first-order valence-electron chi connectivity index (χ1n) is 8.89. The first-order chi connectivity index (χ1) is 13.6. The minimum atomic E-state index is -0.642. The van der Waals surface area contributed by atoms with Gasteiger partial charge in [0.25, 0.3) is 0 Å². The highest BCUT2D eigenvalue weighted by Gasteiger charge is 2.22. The molecule has 6 nitrogen and oxygen atoms in total. The van der Waals surface area contributed by atoms with E-state index in [1.165, 1.54) is 12.1 Å². The number of hydrogen-bond acceptors (Lipinski definition) is 6. The lowest BCUT2D eigenvalue weighted by molar-refractivity contribution is 0.0697. The van der Waals surface area contributed by atoms with Crippen molar-refractivity contribution in [2.75, 3.05) is 7.11 Å². The molecule has 2 aromatic carbocycles. The van der Waals surface area contributed by atoms with Gasteiger partial charge in [-0.05, 0) is 30.2 Å². The van der Waals surface area contributed by atoms with Crippen molar-refractivity contribution in [3.8, 4) is 5.75 Å². The van der Waals surface area contributed by atoms with Crippen LogP contribution in [0.5, 0.6) is 5.75 Å². The molecule has 0 fully saturated rings. The molecule has 0 aliphatic rings. The maximum absolute atomic E-state index is 12.7. The Bertz CT molecular complexity index is 1230. The molecule has 0 unspecified atom stereocenters. The predicted octanol–water partition coefficient (Wildman–Crippen LogP) is 4.47. The Morgan fingerprint density at radius 1 is 1.00 bits per heavy atom. The normalized spacial score (nSPS) is 11.2. The zero-order valence-corrected chi connectivity index (χ0v) is 15.5. The summed E-state index contributed by atoms with van der Waals surface area (Å²) in [7, 11) is 1.55. The highest BCUT2D eigenvalue weighted by atomic mass is 16.5. The van der Waals surface area contributed by atoms with E-state index in [9.17, 15) is 9.59 Å². The van der Waals surface area contributed by atoms with Crippen molar-refractivity contribution in [2.24, 2.45) is 0 Å². The van der Waals surface area contributed by atoms with Crippen molar-refractivity contribution < 1.29 is 23.1 Å². The average Bonchev–Trinajstić information content (AvgIpc) is 3.06. The number of furan rings is 1. The van der Waals surface area contributed by atoms with Gasteiger partial charge in [0.2, 0.25) is 5.76 Å². The summed E-state index contributed by atoms with van der Waals surface area (Å²) in [6, 6.07) is 13.8. The molecule has 0 saturated carbocycles. The van der Waals surface area contributed by atoms with Crippen LogP contribution >= 0.6 is 0 Å². The van der Waals surface area contributed by atoms with Gasteiger partial charge in [0.15, 0.2) is 0 Å². The third-order valence-corrected chi connectivity index (χ3v) is 4.57.